The smallest absolute Gasteiger partial charge is 0.324 e. The summed E-state index contributed by atoms with van der Waals surface area (Å²) in [7, 11) is -3.85. The maximum Gasteiger partial charge on any atom is 0.324 e. The molecule has 3 rings (SSSR count). The molecule has 9 nitrogen and oxygen atoms in total. The molecule has 0 aliphatic rings. The van der Waals surface area contributed by atoms with Crippen molar-refractivity contribution < 1.29 is 18.3 Å². The van der Waals surface area contributed by atoms with E-state index in [0.717, 1.165) is 24.4 Å². The lowest BCUT2D eigenvalue weighted by atomic mass is 10.1. The van der Waals surface area contributed by atoms with Crippen LogP contribution in [0, 0.1) is 0 Å². The minimum Gasteiger partial charge on any atom is -0.480 e. The van der Waals surface area contributed by atoms with Crippen molar-refractivity contribution in [1.82, 2.24) is 19.6 Å². The van der Waals surface area contributed by atoms with Crippen LogP contribution in [0.3, 0.4) is 0 Å². The molecule has 1 atom stereocenters. The maximum atomic E-state index is 12.4. The summed E-state index contributed by atoms with van der Waals surface area (Å²) in [5, 5.41) is 17.4. The fourth-order valence-corrected chi connectivity index (χ4v) is 3.57. The average Bonchev–Trinajstić information content (AvgIpc) is 3.20. The van der Waals surface area contributed by atoms with Gasteiger partial charge in [-0.2, -0.15) is 15.0 Å². The van der Waals surface area contributed by atoms with Crippen LogP contribution in [0.15, 0.2) is 59.8 Å². The van der Waals surface area contributed by atoms with Crippen molar-refractivity contribution in [2.45, 2.75) is 24.6 Å². The highest BCUT2D eigenvalue weighted by atomic mass is 32.2. The summed E-state index contributed by atoms with van der Waals surface area (Å²) in [6, 6.07) is 10.5. The minimum atomic E-state index is -3.85. The second kappa shape index (κ2) is 7.63. The molecule has 0 radical (unpaired) electrons. The molecular formula is C19H20N4O5S. The molecule has 0 saturated heterocycles. The summed E-state index contributed by atoms with van der Waals surface area (Å²) in [5.41, 5.74) is 1.94. The topological polar surface area (TPSA) is 124 Å². The van der Waals surface area contributed by atoms with E-state index in [4.69, 9.17) is 0 Å². The van der Waals surface area contributed by atoms with Gasteiger partial charge in [-0.15, -0.1) is 0 Å². The largest absolute Gasteiger partial charge is 0.480 e. The van der Waals surface area contributed by atoms with E-state index in [9.17, 15) is 23.1 Å². The number of sulfone groups is 1. The summed E-state index contributed by atoms with van der Waals surface area (Å²) < 4.78 is 23.1. The van der Waals surface area contributed by atoms with Crippen LogP contribution in [0.1, 0.15) is 13.3 Å². The Morgan fingerprint density at radius 2 is 1.72 bits per heavy atom. The van der Waals surface area contributed by atoms with E-state index in [2.05, 4.69) is 10.2 Å². The number of carboxylic acids is 1. The Morgan fingerprint density at radius 3 is 2.24 bits per heavy atom. The van der Waals surface area contributed by atoms with Gasteiger partial charge in [-0.05, 0) is 42.7 Å². The molecule has 152 valence electrons. The van der Waals surface area contributed by atoms with Crippen LogP contribution in [0.4, 0.5) is 0 Å². The third-order valence-electron chi connectivity index (χ3n) is 4.95. The van der Waals surface area contributed by atoms with E-state index in [1.165, 1.54) is 21.6 Å². The molecule has 0 aliphatic carbocycles. The van der Waals surface area contributed by atoms with Gasteiger partial charge >= 0.3 is 5.97 Å². The van der Waals surface area contributed by atoms with Crippen LogP contribution in [-0.4, -0.2) is 50.1 Å². The number of hydrogen-bond donors (Lipinski definition) is 1. The van der Waals surface area contributed by atoms with Crippen LogP contribution >= 0.6 is 0 Å². The van der Waals surface area contributed by atoms with Gasteiger partial charge in [0.25, 0.3) is 5.56 Å². The number of hydrogen-bond acceptors (Lipinski definition) is 6. The lowest BCUT2D eigenvalue weighted by Gasteiger charge is -2.23. The Balaban J connectivity index is 1.80. The lowest BCUT2D eigenvalue weighted by molar-refractivity contribution is -0.139. The van der Waals surface area contributed by atoms with Gasteiger partial charge in [0.05, 0.1) is 18.1 Å². The number of aliphatic carboxylic acids is 1. The average molecular weight is 416 g/mol. The number of nitrogens with zero attached hydrogens (tertiary/aromatic N) is 4. The first-order valence-electron chi connectivity index (χ1n) is 8.72. The van der Waals surface area contributed by atoms with Crippen molar-refractivity contribution in [1.29, 1.82) is 0 Å². The SMILES string of the molecule is C[C@@](CCn1ccc(-c2ccc(-n3nccn3)cc2)cc1=O)(C(=O)O)S(C)(=O)=O. The molecule has 1 N–H and O–H groups in total. The third kappa shape index (κ3) is 4.11. The van der Waals surface area contributed by atoms with Crippen LogP contribution in [-0.2, 0) is 21.2 Å². The molecule has 3 aromatic rings. The fourth-order valence-electron chi connectivity index (χ4n) is 2.79. The molecule has 1 aromatic carbocycles. The van der Waals surface area contributed by atoms with E-state index in [1.54, 1.807) is 18.5 Å². The van der Waals surface area contributed by atoms with Gasteiger partial charge in [0.15, 0.2) is 14.6 Å². The van der Waals surface area contributed by atoms with Gasteiger partial charge in [0, 0.05) is 25.1 Å². The molecule has 10 heteroatoms. The summed E-state index contributed by atoms with van der Waals surface area (Å²) in [5.74, 6) is -1.43. The van der Waals surface area contributed by atoms with Gasteiger partial charge in [-0.1, -0.05) is 12.1 Å². The Morgan fingerprint density at radius 1 is 1.10 bits per heavy atom. The van der Waals surface area contributed by atoms with Crippen molar-refractivity contribution in [3.8, 4) is 16.8 Å². The minimum absolute atomic E-state index is 0.0289. The number of benzene rings is 1. The van der Waals surface area contributed by atoms with E-state index < -0.39 is 20.6 Å². The van der Waals surface area contributed by atoms with Crippen LogP contribution in [0.25, 0.3) is 16.8 Å². The lowest BCUT2D eigenvalue weighted by Crippen LogP contribution is -2.44. The zero-order chi connectivity index (χ0) is 21.2. The van der Waals surface area contributed by atoms with Crippen molar-refractivity contribution >= 4 is 15.8 Å². The van der Waals surface area contributed by atoms with Crippen molar-refractivity contribution in [3.05, 3.63) is 65.3 Å². The van der Waals surface area contributed by atoms with Gasteiger partial charge in [0.1, 0.15) is 0 Å². The standard InChI is InChI=1S/C19H20N4O5S/c1-19(18(25)26,29(2,27)28)8-12-22-11-7-15(13-17(22)24)14-3-5-16(6-4-14)23-20-9-10-21-23/h3-7,9-11,13H,8,12H2,1-2H3,(H,25,26)/t19-/m1/s1. The normalized spacial score (nSPS) is 13.7. The molecule has 0 amide bonds. The molecular weight excluding hydrogens is 396 g/mol. The quantitative estimate of drug-likeness (QED) is 0.617. The summed E-state index contributed by atoms with van der Waals surface area (Å²) in [6.45, 7) is 1.12. The predicted molar refractivity (Wildman–Crippen MR) is 107 cm³/mol. The van der Waals surface area contributed by atoms with E-state index in [-0.39, 0.29) is 18.5 Å². The van der Waals surface area contributed by atoms with Crippen LogP contribution in [0.2, 0.25) is 0 Å². The molecule has 0 bridgehead atoms. The van der Waals surface area contributed by atoms with Crippen molar-refractivity contribution in [2.75, 3.05) is 6.26 Å². The van der Waals surface area contributed by atoms with E-state index >= 15 is 0 Å². The van der Waals surface area contributed by atoms with Crippen molar-refractivity contribution in [2.24, 2.45) is 0 Å². The van der Waals surface area contributed by atoms with Gasteiger partial charge < -0.3 is 9.67 Å². The fraction of sp³-hybridized carbons (Fsp3) is 0.263. The van der Waals surface area contributed by atoms with Gasteiger partial charge in [0.2, 0.25) is 0 Å². The highest BCUT2D eigenvalue weighted by molar-refractivity contribution is 7.92. The molecule has 29 heavy (non-hydrogen) atoms. The first-order chi connectivity index (χ1) is 13.6. The maximum absolute atomic E-state index is 12.4. The number of aryl methyl sites for hydroxylation is 1. The second-order valence-electron chi connectivity index (χ2n) is 6.87. The Labute approximate surface area is 167 Å². The molecule has 0 unspecified atom stereocenters. The zero-order valence-electron chi connectivity index (χ0n) is 15.9. The molecule has 0 spiro atoms. The van der Waals surface area contributed by atoms with Gasteiger partial charge in [-0.3, -0.25) is 9.59 Å². The molecule has 0 fully saturated rings. The van der Waals surface area contributed by atoms with Crippen molar-refractivity contribution in [3.63, 3.8) is 0 Å². The first-order valence-corrected chi connectivity index (χ1v) is 10.6. The summed E-state index contributed by atoms with van der Waals surface area (Å²) in [6.07, 6.45) is 5.35. The van der Waals surface area contributed by atoms with Crippen LogP contribution < -0.4 is 5.56 Å². The zero-order valence-corrected chi connectivity index (χ0v) is 16.7. The summed E-state index contributed by atoms with van der Waals surface area (Å²) >= 11 is 0. The molecule has 2 heterocycles. The second-order valence-corrected chi connectivity index (χ2v) is 9.32. The molecule has 0 saturated carbocycles. The molecule has 0 aliphatic heterocycles. The number of pyridine rings is 1. The number of aromatic nitrogens is 4. The van der Waals surface area contributed by atoms with E-state index in [1.807, 2.05) is 24.3 Å². The summed E-state index contributed by atoms with van der Waals surface area (Å²) in [4.78, 5) is 25.4. The Hall–Kier alpha value is -3.27. The number of carbonyl (C=O) groups is 1. The number of rotatable bonds is 7. The highest BCUT2D eigenvalue weighted by Gasteiger charge is 2.43. The first kappa shape index (κ1) is 20.5. The van der Waals surface area contributed by atoms with Crippen LogP contribution in [0.5, 0.6) is 0 Å². The monoisotopic (exact) mass is 416 g/mol. The highest BCUT2D eigenvalue weighted by Crippen LogP contribution is 2.23. The predicted octanol–water partition coefficient (Wildman–Crippen LogP) is 1.37. The Bertz CT molecular complexity index is 1180. The molecule has 2 aromatic heterocycles. The van der Waals surface area contributed by atoms with E-state index in [0.29, 0.717) is 5.56 Å². The third-order valence-corrected chi connectivity index (χ3v) is 6.96. The van der Waals surface area contributed by atoms with Gasteiger partial charge in [-0.25, -0.2) is 8.42 Å². The number of carboxylic acid groups (broad SMARTS) is 1. The Kier molecular flexibility index (Phi) is 5.38.